The SMILES string of the molecule is CCCCN=C1NC2(CCOCC2)CS1. The molecule has 0 saturated carbocycles. The smallest absolute Gasteiger partial charge is 0.157 e. The number of hydrogen-bond acceptors (Lipinski definition) is 3. The zero-order valence-corrected chi connectivity index (χ0v) is 10.2. The van der Waals surface area contributed by atoms with Crippen LogP contribution in [0.2, 0.25) is 0 Å². The Morgan fingerprint density at radius 2 is 2.27 bits per heavy atom. The van der Waals surface area contributed by atoms with Crippen molar-refractivity contribution < 1.29 is 4.74 Å². The maximum absolute atomic E-state index is 5.40. The van der Waals surface area contributed by atoms with Crippen LogP contribution in [0.3, 0.4) is 0 Å². The summed E-state index contributed by atoms with van der Waals surface area (Å²) in [4.78, 5) is 4.59. The Morgan fingerprint density at radius 3 is 3.00 bits per heavy atom. The summed E-state index contributed by atoms with van der Waals surface area (Å²) >= 11 is 1.88. The second kappa shape index (κ2) is 5.21. The Balaban J connectivity index is 1.85. The van der Waals surface area contributed by atoms with Crippen LogP contribution in [-0.2, 0) is 4.74 Å². The van der Waals surface area contributed by atoms with Gasteiger partial charge in [-0.25, -0.2) is 0 Å². The molecule has 15 heavy (non-hydrogen) atoms. The van der Waals surface area contributed by atoms with Crippen molar-refractivity contribution in [3.8, 4) is 0 Å². The Labute approximate surface area is 96.1 Å². The first kappa shape index (κ1) is 11.3. The van der Waals surface area contributed by atoms with Crippen LogP contribution in [0.1, 0.15) is 32.6 Å². The lowest BCUT2D eigenvalue weighted by Gasteiger charge is -2.32. The molecule has 0 unspecified atom stereocenters. The number of unbranched alkanes of at least 4 members (excludes halogenated alkanes) is 1. The van der Waals surface area contributed by atoms with E-state index in [0.29, 0.717) is 5.54 Å². The Hall–Kier alpha value is -0.220. The Kier molecular flexibility index (Phi) is 3.92. The first-order chi connectivity index (χ1) is 7.35. The largest absolute Gasteiger partial charge is 0.381 e. The van der Waals surface area contributed by atoms with Gasteiger partial charge in [-0.1, -0.05) is 25.1 Å². The van der Waals surface area contributed by atoms with E-state index in [4.69, 9.17) is 4.74 Å². The predicted octanol–water partition coefficient (Wildman–Crippen LogP) is 2.03. The highest BCUT2D eigenvalue weighted by atomic mass is 32.2. The summed E-state index contributed by atoms with van der Waals surface area (Å²) in [6.07, 6.45) is 4.68. The van der Waals surface area contributed by atoms with E-state index in [1.807, 2.05) is 11.8 Å². The van der Waals surface area contributed by atoms with Crippen molar-refractivity contribution in [3.05, 3.63) is 0 Å². The van der Waals surface area contributed by atoms with Crippen LogP contribution in [0, 0.1) is 0 Å². The number of ether oxygens (including phenoxy) is 1. The maximum atomic E-state index is 5.40. The van der Waals surface area contributed by atoms with Gasteiger partial charge in [0.15, 0.2) is 5.17 Å². The Bertz CT molecular complexity index is 237. The molecule has 2 saturated heterocycles. The third-order valence-corrected chi connectivity index (χ3v) is 4.28. The van der Waals surface area contributed by atoms with Crippen LogP contribution < -0.4 is 5.32 Å². The minimum Gasteiger partial charge on any atom is -0.381 e. The van der Waals surface area contributed by atoms with Crippen LogP contribution in [0.25, 0.3) is 0 Å². The van der Waals surface area contributed by atoms with Gasteiger partial charge in [-0.3, -0.25) is 4.99 Å². The second-order valence-corrected chi connectivity index (χ2v) is 5.31. The molecule has 2 aliphatic heterocycles. The van der Waals surface area contributed by atoms with Gasteiger partial charge in [0, 0.05) is 25.5 Å². The van der Waals surface area contributed by atoms with Gasteiger partial charge in [0.05, 0.1) is 5.54 Å². The zero-order chi connectivity index (χ0) is 10.6. The van der Waals surface area contributed by atoms with E-state index in [1.165, 1.54) is 18.6 Å². The predicted molar refractivity (Wildman–Crippen MR) is 65.6 cm³/mol. The topological polar surface area (TPSA) is 33.6 Å². The highest BCUT2D eigenvalue weighted by Crippen LogP contribution is 2.31. The fraction of sp³-hybridized carbons (Fsp3) is 0.909. The van der Waals surface area contributed by atoms with Crippen molar-refractivity contribution in [3.63, 3.8) is 0 Å². The van der Waals surface area contributed by atoms with Crippen molar-refractivity contribution in [2.45, 2.75) is 38.1 Å². The normalized spacial score (nSPS) is 27.1. The third kappa shape index (κ3) is 2.88. The summed E-state index contributed by atoms with van der Waals surface area (Å²) in [5.74, 6) is 1.17. The van der Waals surface area contributed by atoms with Crippen molar-refractivity contribution in [2.75, 3.05) is 25.5 Å². The number of thioether (sulfide) groups is 1. The van der Waals surface area contributed by atoms with Gasteiger partial charge in [-0.2, -0.15) is 0 Å². The molecule has 0 atom stereocenters. The molecule has 86 valence electrons. The van der Waals surface area contributed by atoms with Crippen molar-refractivity contribution in [1.82, 2.24) is 5.32 Å². The monoisotopic (exact) mass is 228 g/mol. The fourth-order valence-electron chi connectivity index (χ4n) is 1.96. The van der Waals surface area contributed by atoms with Crippen LogP contribution in [-0.4, -0.2) is 36.2 Å². The standard InChI is InChI=1S/C11H20N2OS/c1-2-3-6-12-10-13-11(9-15-10)4-7-14-8-5-11/h2-9H2,1H3,(H,12,13). The molecule has 4 heteroatoms. The lowest BCUT2D eigenvalue weighted by Crippen LogP contribution is -2.48. The van der Waals surface area contributed by atoms with E-state index in [1.54, 1.807) is 0 Å². The van der Waals surface area contributed by atoms with E-state index >= 15 is 0 Å². The van der Waals surface area contributed by atoms with Crippen molar-refractivity contribution in [2.24, 2.45) is 4.99 Å². The number of nitrogens with zero attached hydrogens (tertiary/aromatic N) is 1. The highest BCUT2D eigenvalue weighted by Gasteiger charge is 2.38. The summed E-state index contributed by atoms with van der Waals surface area (Å²) in [5, 5.41) is 4.76. The van der Waals surface area contributed by atoms with E-state index in [0.717, 1.165) is 37.8 Å². The Morgan fingerprint density at radius 1 is 1.47 bits per heavy atom. The van der Waals surface area contributed by atoms with Gasteiger partial charge >= 0.3 is 0 Å². The lowest BCUT2D eigenvalue weighted by molar-refractivity contribution is 0.0555. The van der Waals surface area contributed by atoms with E-state index < -0.39 is 0 Å². The number of hydrogen-bond donors (Lipinski definition) is 1. The molecule has 0 bridgehead atoms. The number of rotatable bonds is 3. The van der Waals surface area contributed by atoms with Gasteiger partial charge < -0.3 is 10.1 Å². The van der Waals surface area contributed by atoms with Gasteiger partial charge in [-0.15, -0.1) is 0 Å². The van der Waals surface area contributed by atoms with E-state index in [9.17, 15) is 0 Å². The lowest BCUT2D eigenvalue weighted by atomic mass is 9.93. The van der Waals surface area contributed by atoms with Crippen LogP contribution >= 0.6 is 11.8 Å². The third-order valence-electron chi connectivity index (χ3n) is 3.07. The molecule has 0 aromatic heterocycles. The summed E-state index contributed by atoms with van der Waals surface area (Å²) in [6, 6.07) is 0. The zero-order valence-electron chi connectivity index (χ0n) is 9.42. The highest BCUT2D eigenvalue weighted by molar-refractivity contribution is 8.14. The minimum absolute atomic E-state index is 0.300. The number of amidine groups is 1. The van der Waals surface area contributed by atoms with Gasteiger partial charge in [0.2, 0.25) is 0 Å². The maximum Gasteiger partial charge on any atom is 0.157 e. The molecule has 3 nitrogen and oxygen atoms in total. The average Bonchev–Trinajstić information content (AvgIpc) is 2.63. The quantitative estimate of drug-likeness (QED) is 0.750. The molecular weight excluding hydrogens is 208 g/mol. The van der Waals surface area contributed by atoms with Crippen LogP contribution in [0.4, 0.5) is 0 Å². The molecule has 1 N–H and O–H groups in total. The molecule has 2 aliphatic rings. The number of aliphatic imine (C=N–C) groups is 1. The molecule has 2 fully saturated rings. The first-order valence-corrected chi connectivity index (χ1v) is 6.86. The molecule has 0 radical (unpaired) electrons. The minimum atomic E-state index is 0.300. The molecule has 0 aromatic carbocycles. The summed E-state index contributed by atoms with van der Waals surface area (Å²) in [5.41, 5.74) is 0.300. The van der Waals surface area contributed by atoms with Crippen molar-refractivity contribution in [1.29, 1.82) is 0 Å². The first-order valence-electron chi connectivity index (χ1n) is 5.88. The molecule has 0 aromatic rings. The van der Waals surface area contributed by atoms with E-state index in [-0.39, 0.29) is 0 Å². The summed E-state index contributed by atoms with van der Waals surface area (Å²) < 4.78 is 5.40. The fourth-order valence-corrected chi connectivity index (χ4v) is 3.21. The molecule has 1 spiro atoms. The average molecular weight is 228 g/mol. The molecular formula is C11H20N2OS. The van der Waals surface area contributed by atoms with E-state index in [2.05, 4.69) is 17.2 Å². The van der Waals surface area contributed by atoms with Crippen LogP contribution in [0.5, 0.6) is 0 Å². The molecule has 0 amide bonds. The van der Waals surface area contributed by atoms with Gasteiger partial charge in [-0.05, 0) is 19.3 Å². The number of nitrogens with one attached hydrogen (secondary N) is 1. The summed E-state index contributed by atoms with van der Waals surface area (Å²) in [6.45, 7) is 4.97. The van der Waals surface area contributed by atoms with Gasteiger partial charge in [0.25, 0.3) is 0 Å². The molecule has 0 aliphatic carbocycles. The second-order valence-electron chi connectivity index (χ2n) is 4.35. The van der Waals surface area contributed by atoms with Crippen molar-refractivity contribution >= 4 is 16.9 Å². The molecule has 2 heterocycles. The van der Waals surface area contributed by atoms with Crippen LogP contribution in [0.15, 0.2) is 4.99 Å². The van der Waals surface area contributed by atoms with Gasteiger partial charge in [0.1, 0.15) is 0 Å². The molecule has 2 rings (SSSR count). The summed E-state index contributed by atoms with van der Waals surface area (Å²) in [7, 11) is 0.